The molecule has 0 bridgehead atoms. The quantitative estimate of drug-likeness (QED) is 0.317. The predicted octanol–water partition coefficient (Wildman–Crippen LogP) is 3.21. The van der Waals surface area contributed by atoms with Crippen molar-refractivity contribution < 1.29 is 4.79 Å². The molecular weight excluding hydrogens is 366 g/mol. The minimum absolute atomic E-state index is 0.161. The highest BCUT2D eigenvalue weighted by Gasteiger charge is 2.20. The summed E-state index contributed by atoms with van der Waals surface area (Å²) >= 11 is 3.20. The van der Waals surface area contributed by atoms with E-state index in [-0.39, 0.29) is 11.7 Å². The third kappa shape index (κ3) is 3.76. The van der Waals surface area contributed by atoms with Gasteiger partial charge >= 0.3 is 0 Å². The Morgan fingerprint density at radius 1 is 1.35 bits per heavy atom. The number of aryl methyl sites for hydroxylation is 2. The summed E-state index contributed by atoms with van der Waals surface area (Å²) in [5, 5.41) is 6.00. The van der Waals surface area contributed by atoms with Gasteiger partial charge in [0.2, 0.25) is 5.91 Å². The lowest BCUT2D eigenvalue weighted by molar-refractivity contribution is -0.118. The van der Waals surface area contributed by atoms with Crippen LogP contribution in [0.3, 0.4) is 0 Å². The summed E-state index contributed by atoms with van der Waals surface area (Å²) in [4.78, 5) is 27.4. The highest BCUT2D eigenvalue weighted by Crippen LogP contribution is 2.39. The minimum Gasteiger partial charge on any atom is -0.272 e. The third-order valence-electron chi connectivity index (χ3n) is 4.14. The zero-order valence-electron chi connectivity index (χ0n) is 14.0. The van der Waals surface area contributed by atoms with Gasteiger partial charge in [0.1, 0.15) is 16.2 Å². The molecule has 0 aromatic carbocycles. The maximum Gasteiger partial charge on any atom is 0.250 e. The Morgan fingerprint density at radius 3 is 3.15 bits per heavy atom. The topological polar surface area (TPSA) is 80.1 Å². The number of pyridine rings is 1. The number of aromatic nitrogens is 3. The summed E-state index contributed by atoms with van der Waals surface area (Å²) < 4.78 is 0. The Hall–Kier alpha value is -2.32. The van der Waals surface area contributed by atoms with Gasteiger partial charge in [0.15, 0.2) is 0 Å². The van der Waals surface area contributed by atoms with E-state index >= 15 is 0 Å². The van der Waals surface area contributed by atoms with Crippen molar-refractivity contribution in [2.24, 2.45) is 5.10 Å². The van der Waals surface area contributed by atoms with Gasteiger partial charge in [-0.15, -0.1) is 11.3 Å². The molecule has 0 aliphatic heterocycles. The fraction of sp³-hybridized carbons (Fsp3) is 0.278. The van der Waals surface area contributed by atoms with Crippen molar-refractivity contribution in [3.8, 4) is 0 Å². The first-order valence-electron chi connectivity index (χ1n) is 8.41. The van der Waals surface area contributed by atoms with Gasteiger partial charge in [0.05, 0.1) is 12.0 Å². The van der Waals surface area contributed by atoms with Crippen molar-refractivity contribution in [3.05, 3.63) is 46.9 Å². The van der Waals surface area contributed by atoms with E-state index in [0.717, 1.165) is 33.6 Å². The average molecular weight is 384 g/mol. The molecule has 0 spiro atoms. The highest BCUT2D eigenvalue weighted by atomic mass is 32.2. The second-order valence-electron chi connectivity index (χ2n) is 5.94. The number of carbonyl (C=O) groups is 1. The number of nitrogens with one attached hydrogen (secondary N) is 1. The number of thioether (sulfide) groups is 1. The van der Waals surface area contributed by atoms with Crippen LogP contribution in [-0.2, 0) is 17.6 Å². The lowest BCUT2D eigenvalue weighted by Crippen LogP contribution is -2.19. The molecule has 8 heteroatoms. The van der Waals surface area contributed by atoms with E-state index in [2.05, 4.69) is 25.5 Å². The summed E-state index contributed by atoms with van der Waals surface area (Å²) in [6.45, 7) is 0. The van der Waals surface area contributed by atoms with Crippen molar-refractivity contribution >= 4 is 45.4 Å². The Morgan fingerprint density at radius 2 is 2.27 bits per heavy atom. The predicted molar refractivity (Wildman–Crippen MR) is 105 cm³/mol. The molecule has 0 saturated carbocycles. The second kappa shape index (κ2) is 7.92. The fourth-order valence-electron chi connectivity index (χ4n) is 2.97. The molecule has 26 heavy (non-hydrogen) atoms. The third-order valence-corrected chi connectivity index (χ3v) is 6.33. The van der Waals surface area contributed by atoms with Crippen LogP contribution in [0.2, 0.25) is 0 Å². The van der Waals surface area contributed by atoms with E-state index in [1.807, 2.05) is 12.1 Å². The van der Waals surface area contributed by atoms with Gasteiger partial charge < -0.3 is 0 Å². The lowest BCUT2D eigenvalue weighted by Gasteiger charge is -2.11. The summed E-state index contributed by atoms with van der Waals surface area (Å²) in [6.07, 6.45) is 11.2. The Labute approximate surface area is 159 Å². The number of nitrogens with zero attached hydrogens (tertiary/aromatic N) is 4. The molecule has 0 radical (unpaired) electrons. The SMILES string of the molecule is O=C(CSc1ncnc2sc3c(c12)CCCC3)N/N=C/c1cccnc1. The Kier molecular flexibility index (Phi) is 5.21. The first kappa shape index (κ1) is 17.1. The monoisotopic (exact) mass is 383 g/mol. The fourth-order valence-corrected chi connectivity index (χ4v) is 5.08. The van der Waals surface area contributed by atoms with Gasteiger partial charge in [-0.05, 0) is 37.3 Å². The molecule has 3 heterocycles. The smallest absolute Gasteiger partial charge is 0.250 e. The summed E-state index contributed by atoms with van der Waals surface area (Å²) in [7, 11) is 0. The van der Waals surface area contributed by atoms with Crippen LogP contribution >= 0.6 is 23.1 Å². The van der Waals surface area contributed by atoms with Crippen LogP contribution in [0, 0.1) is 0 Å². The highest BCUT2D eigenvalue weighted by molar-refractivity contribution is 8.00. The van der Waals surface area contributed by atoms with Crippen LogP contribution < -0.4 is 5.43 Å². The van der Waals surface area contributed by atoms with Crippen LogP contribution in [0.25, 0.3) is 10.2 Å². The molecule has 4 rings (SSSR count). The van der Waals surface area contributed by atoms with Crippen LogP contribution in [0.1, 0.15) is 28.8 Å². The van der Waals surface area contributed by atoms with E-state index in [1.165, 1.54) is 35.0 Å². The van der Waals surface area contributed by atoms with Crippen molar-refractivity contribution in [1.29, 1.82) is 0 Å². The number of hydrazone groups is 1. The molecule has 6 nitrogen and oxygen atoms in total. The van der Waals surface area contributed by atoms with E-state index in [1.54, 1.807) is 36.3 Å². The van der Waals surface area contributed by atoms with Gasteiger partial charge in [0, 0.05) is 28.2 Å². The van der Waals surface area contributed by atoms with E-state index < -0.39 is 0 Å². The molecular formula is C18H17N5OS2. The number of hydrogen-bond donors (Lipinski definition) is 1. The largest absolute Gasteiger partial charge is 0.272 e. The van der Waals surface area contributed by atoms with Gasteiger partial charge in [-0.2, -0.15) is 5.10 Å². The number of fused-ring (bicyclic) bond motifs is 3. The molecule has 0 atom stereocenters. The molecule has 0 saturated heterocycles. The number of thiophene rings is 1. The summed E-state index contributed by atoms with van der Waals surface area (Å²) in [5.41, 5.74) is 4.77. The molecule has 3 aromatic heterocycles. The molecule has 1 aliphatic rings. The van der Waals surface area contributed by atoms with Gasteiger partial charge in [-0.25, -0.2) is 15.4 Å². The number of rotatable bonds is 5. The summed E-state index contributed by atoms with van der Waals surface area (Å²) in [6, 6.07) is 3.69. The van der Waals surface area contributed by atoms with E-state index in [9.17, 15) is 4.79 Å². The lowest BCUT2D eigenvalue weighted by atomic mass is 9.97. The maximum absolute atomic E-state index is 12.1. The summed E-state index contributed by atoms with van der Waals surface area (Å²) in [5.74, 6) is 0.104. The van der Waals surface area contributed by atoms with E-state index in [0.29, 0.717) is 0 Å². The Balaban J connectivity index is 1.42. The van der Waals surface area contributed by atoms with Crippen molar-refractivity contribution in [2.45, 2.75) is 30.7 Å². The van der Waals surface area contributed by atoms with Gasteiger partial charge in [0.25, 0.3) is 0 Å². The number of hydrogen-bond acceptors (Lipinski definition) is 7. The zero-order chi connectivity index (χ0) is 17.8. The first-order valence-corrected chi connectivity index (χ1v) is 10.2. The maximum atomic E-state index is 12.1. The molecule has 1 N–H and O–H groups in total. The van der Waals surface area contributed by atoms with Crippen molar-refractivity contribution in [3.63, 3.8) is 0 Å². The van der Waals surface area contributed by atoms with Gasteiger partial charge in [-0.3, -0.25) is 9.78 Å². The standard InChI is InChI=1S/C18H17N5OS2/c24-15(23-22-9-12-4-3-7-19-8-12)10-25-17-16-13-5-1-2-6-14(13)26-18(16)21-11-20-17/h3-4,7-9,11H,1-2,5-6,10H2,(H,23,24)/b22-9+. The van der Waals surface area contributed by atoms with Crippen molar-refractivity contribution in [2.75, 3.05) is 5.75 Å². The number of carbonyl (C=O) groups excluding carboxylic acids is 1. The normalized spacial score (nSPS) is 13.8. The van der Waals surface area contributed by atoms with Crippen LogP contribution in [0.4, 0.5) is 0 Å². The molecule has 1 aliphatic carbocycles. The van der Waals surface area contributed by atoms with Gasteiger partial charge in [-0.1, -0.05) is 17.8 Å². The molecule has 132 valence electrons. The zero-order valence-corrected chi connectivity index (χ0v) is 15.6. The van der Waals surface area contributed by atoms with Crippen LogP contribution in [-0.4, -0.2) is 32.8 Å². The van der Waals surface area contributed by atoms with Crippen LogP contribution in [0.5, 0.6) is 0 Å². The first-order chi connectivity index (χ1) is 12.8. The van der Waals surface area contributed by atoms with Crippen LogP contribution in [0.15, 0.2) is 41.0 Å². The molecule has 0 fully saturated rings. The second-order valence-corrected chi connectivity index (χ2v) is 7.99. The minimum atomic E-state index is -0.161. The molecule has 0 unspecified atom stereocenters. The van der Waals surface area contributed by atoms with E-state index in [4.69, 9.17) is 0 Å². The number of amides is 1. The molecule has 1 amide bonds. The molecule has 3 aromatic rings. The van der Waals surface area contributed by atoms with Crippen molar-refractivity contribution in [1.82, 2.24) is 20.4 Å². The average Bonchev–Trinajstić information content (AvgIpc) is 3.06. The Bertz CT molecular complexity index is 955.